The predicted molar refractivity (Wildman–Crippen MR) is 321 cm³/mol. The number of ether oxygens (including phenoxy) is 2. The standard InChI is InChI=1S/C32H24N6O6S2.2C10H15NO2.2C2H6OS.Pt/c33-31-25-7-3-1-5-23(25)29(45(39,40)41)17-27(31)37-35-21-13-9-19(10-14-21)20-11-15-22(16-12-20)36-38-28-18-30(46(42,43)44)24-6-2-4-8-26(24)32(28)34;2*1-4-9(5-2)7-13-10(12)8(3)6-11;2*1-4(2)3;/h1-18H,33-34H2,(H,39,40,41)(H,42,43,44);2*9H,3-5,7H2,1-2H3;2*1-2H3;/p+4. The van der Waals surface area contributed by atoms with Gasteiger partial charge < -0.3 is 20.9 Å². The molecule has 436 valence electrons. The van der Waals surface area contributed by atoms with Crippen molar-refractivity contribution in [2.24, 2.45) is 32.3 Å². The van der Waals surface area contributed by atoms with Gasteiger partial charge >= 0.3 is 32.2 Å². The Bertz CT molecular complexity index is 3320. The van der Waals surface area contributed by atoms with Gasteiger partial charge in [0.05, 0.1) is 61.0 Å². The van der Waals surface area contributed by atoms with Crippen LogP contribution in [-0.4, -0.2) is 84.5 Å². The molecule has 0 heterocycles. The summed E-state index contributed by atoms with van der Waals surface area (Å²) in [4.78, 5) is 21.5. The quantitative estimate of drug-likeness (QED) is 0.0126. The van der Waals surface area contributed by atoms with Gasteiger partial charge in [0, 0.05) is 42.6 Å². The number of fused-ring (bicyclic) bond motifs is 2. The first-order chi connectivity index (χ1) is 37.7. The van der Waals surface area contributed by atoms with Gasteiger partial charge in [-0.2, -0.15) is 29.2 Å². The van der Waals surface area contributed by atoms with Gasteiger partial charge in [-0.25, -0.2) is 18.7 Å². The van der Waals surface area contributed by atoms with Crippen LogP contribution < -0.4 is 11.5 Å². The largest absolute Gasteiger partial charge is 0.461 e. The molecule has 6 rings (SSSR count). The van der Waals surface area contributed by atoms with E-state index in [1.807, 2.05) is 52.0 Å². The summed E-state index contributed by atoms with van der Waals surface area (Å²) in [6.45, 7) is 15.5. The average molecular weight is 1370 g/mol. The maximum absolute atomic E-state index is 12.1. The Hall–Kier alpha value is -7.15. The number of nitrogens with two attached hydrogens (primary N) is 2. The SMILES string of the molecule is C=C(C#N)C(=O)OCC(CC)CC.C=C(C#N)C(=O)OCC(CC)CC.CS(C)=[OH+].CS(C)=[OH+].Nc1c(N=Nc2ccc(-c3ccc(N=Nc4cc(S(=O)(O)=[OH+])c5ccccc5c4N)cc3)cc2)cc(S(=O)(O)=[OH+])c2ccccc12.[Pt]. The summed E-state index contributed by atoms with van der Waals surface area (Å²) in [6, 6.07) is 33.4. The number of hydrogen-bond donors (Lipinski definition) is 4. The third kappa shape index (κ3) is 24.2. The van der Waals surface area contributed by atoms with Crippen molar-refractivity contribution in [2.75, 3.05) is 49.7 Å². The summed E-state index contributed by atoms with van der Waals surface area (Å²) in [5.41, 5.74) is 15.8. The first-order valence-electron chi connectivity index (χ1n) is 24.4. The Morgan fingerprint density at radius 1 is 0.580 bits per heavy atom. The topological polar surface area (TPSA) is 362 Å². The van der Waals surface area contributed by atoms with Gasteiger partial charge in [-0.3, -0.25) is 8.42 Å². The van der Waals surface area contributed by atoms with E-state index in [1.165, 1.54) is 12.1 Å². The van der Waals surface area contributed by atoms with Crippen LogP contribution in [0.15, 0.2) is 164 Å². The third-order valence-electron chi connectivity index (χ3n) is 11.2. The van der Waals surface area contributed by atoms with Crippen LogP contribution in [0, 0.1) is 34.5 Å². The molecule has 0 aromatic heterocycles. The molecule has 25 heteroatoms. The summed E-state index contributed by atoms with van der Waals surface area (Å²) in [7, 11) is -9.28. The Labute approximate surface area is 493 Å². The fourth-order valence-corrected chi connectivity index (χ4v) is 8.13. The van der Waals surface area contributed by atoms with Gasteiger partial charge in [-0.15, -0.1) is 18.6 Å². The van der Waals surface area contributed by atoms with Crippen LogP contribution >= 0.6 is 0 Å². The molecule has 0 saturated carbocycles. The molecule has 0 aliphatic heterocycles. The second kappa shape index (κ2) is 35.6. The van der Waals surface area contributed by atoms with E-state index < -0.39 is 32.2 Å². The Kier molecular flexibility index (Phi) is 31.5. The van der Waals surface area contributed by atoms with Gasteiger partial charge in [-0.05, 0) is 59.4 Å². The van der Waals surface area contributed by atoms with Gasteiger partial charge in [0.25, 0.3) is 0 Å². The van der Waals surface area contributed by atoms with E-state index in [0.717, 1.165) is 36.8 Å². The maximum atomic E-state index is 12.1. The summed E-state index contributed by atoms with van der Waals surface area (Å²) >= 11 is 0. The van der Waals surface area contributed by atoms with Crippen LogP contribution in [-0.2, 0) is 82.0 Å². The summed E-state index contributed by atoms with van der Waals surface area (Å²) < 4.78 is 89.4. The van der Waals surface area contributed by atoms with Crippen molar-refractivity contribution in [3.05, 3.63) is 133 Å². The number of hydrogen-bond acceptors (Lipinski definition) is 14. The molecule has 0 amide bonds. The van der Waals surface area contributed by atoms with E-state index in [-0.39, 0.29) is 86.4 Å². The van der Waals surface area contributed by atoms with Crippen LogP contribution in [0.3, 0.4) is 0 Å². The van der Waals surface area contributed by atoms with E-state index >= 15 is 0 Å². The monoisotopic (exact) mass is 1370 g/mol. The van der Waals surface area contributed by atoms with Crippen LogP contribution in [0.1, 0.15) is 53.4 Å². The first-order valence-corrected chi connectivity index (χ1v) is 31.3. The molecule has 0 spiro atoms. The normalized spacial score (nSPS) is 12.1. The molecule has 2 atom stereocenters. The molecule has 6 aromatic rings. The molecular formula is C56H70N8O12PtS4+4. The Balaban J connectivity index is 0.000000765. The fraction of sp³-hybridized carbons (Fsp3) is 0.286. The number of nitrogen functional groups attached to an aromatic ring is 2. The predicted octanol–water partition coefficient (Wildman–Crippen LogP) is 12.9. The second-order valence-electron chi connectivity index (χ2n) is 17.5. The zero-order chi connectivity index (χ0) is 60.3. The Morgan fingerprint density at radius 2 is 0.852 bits per heavy atom. The van der Waals surface area contributed by atoms with Gasteiger partial charge in [0.1, 0.15) is 34.7 Å². The molecule has 0 aliphatic rings. The Morgan fingerprint density at radius 3 is 1.10 bits per heavy atom. The van der Waals surface area contributed by atoms with Crippen LogP contribution in [0.2, 0.25) is 0 Å². The summed E-state index contributed by atoms with van der Waals surface area (Å²) in [5.74, 6) is -0.435. The number of nitriles is 2. The van der Waals surface area contributed by atoms with Crippen molar-refractivity contribution in [3.8, 4) is 23.3 Å². The number of carbonyl (C=O) groups excluding carboxylic acids is 2. The minimum atomic E-state index is -4.28. The average Bonchev–Trinajstić information content (AvgIpc) is 3.46. The zero-order valence-corrected chi connectivity index (χ0v) is 51.7. The number of benzene rings is 6. The third-order valence-corrected chi connectivity index (χ3v) is 13.0. The van der Waals surface area contributed by atoms with E-state index in [4.69, 9.17) is 39.9 Å². The summed E-state index contributed by atoms with van der Waals surface area (Å²) in [5, 5.41) is 35.1. The van der Waals surface area contributed by atoms with Gasteiger partial charge in [-0.1, -0.05) is 139 Å². The number of esters is 2. The van der Waals surface area contributed by atoms with E-state index in [1.54, 1.807) is 110 Å². The van der Waals surface area contributed by atoms with Crippen molar-refractivity contribution in [1.82, 2.24) is 0 Å². The number of anilines is 2. The van der Waals surface area contributed by atoms with E-state index in [0.29, 0.717) is 58.0 Å². The molecule has 6 aromatic carbocycles. The van der Waals surface area contributed by atoms with Crippen molar-refractivity contribution in [1.29, 1.82) is 10.5 Å². The molecule has 0 radical (unpaired) electrons. The summed E-state index contributed by atoms with van der Waals surface area (Å²) in [6.07, 6.45) is 10.9. The second-order valence-corrected chi connectivity index (χ2v) is 23.4. The molecular weight excluding hydrogens is 1300 g/mol. The number of carbonyl (C=O) groups is 2. The smallest absolute Gasteiger partial charge is 0.435 e. The fourth-order valence-electron chi connectivity index (χ4n) is 6.67. The molecule has 20 nitrogen and oxygen atoms in total. The van der Waals surface area contributed by atoms with E-state index in [9.17, 15) is 35.5 Å². The van der Waals surface area contributed by atoms with Crippen molar-refractivity contribution in [2.45, 2.75) is 63.2 Å². The molecule has 81 heavy (non-hydrogen) atoms. The van der Waals surface area contributed by atoms with Crippen LogP contribution in [0.5, 0.6) is 0 Å². The molecule has 0 bridgehead atoms. The minimum absolute atomic E-state index is 0. The van der Waals surface area contributed by atoms with Gasteiger partial charge in [0.2, 0.25) is 0 Å². The van der Waals surface area contributed by atoms with Crippen LogP contribution in [0.25, 0.3) is 32.7 Å². The van der Waals surface area contributed by atoms with Crippen molar-refractivity contribution in [3.63, 3.8) is 0 Å². The van der Waals surface area contributed by atoms with Crippen LogP contribution in [0.4, 0.5) is 34.1 Å². The maximum Gasteiger partial charge on any atom is 0.435 e. The number of rotatable bonds is 17. The van der Waals surface area contributed by atoms with Gasteiger partial charge in [0.15, 0.2) is 31.4 Å². The molecule has 0 saturated heterocycles. The molecule has 0 aliphatic carbocycles. The minimum Gasteiger partial charge on any atom is -0.461 e. The molecule has 2 unspecified atom stereocenters. The first kappa shape index (κ1) is 71.9. The van der Waals surface area contributed by atoms with E-state index in [2.05, 4.69) is 33.6 Å². The van der Waals surface area contributed by atoms with Crippen molar-refractivity contribution < 1.29 is 74.5 Å². The zero-order valence-electron chi connectivity index (χ0n) is 46.1. The molecule has 10 N–H and O–H groups in total. The number of nitrogens with zero attached hydrogens (tertiary/aromatic N) is 6. The van der Waals surface area contributed by atoms with Crippen molar-refractivity contribution >= 4 is 109 Å². The molecule has 0 fully saturated rings. The number of azo groups is 2.